The third-order valence-electron chi connectivity index (χ3n) is 3.25. The summed E-state index contributed by atoms with van der Waals surface area (Å²) in [5.74, 6) is 0.800. The lowest BCUT2D eigenvalue weighted by Crippen LogP contribution is -2.30. The number of rotatable bonds is 5. The Balaban J connectivity index is 1.60. The minimum Gasteiger partial charge on any atom is -0.377 e. The molecule has 1 aliphatic rings. The van der Waals surface area contributed by atoms with E-state index in [1.807, 2.05) is 24.3 Å². The lowest BCUT2D eigenvalue weighted by atomic mass is 9.97. The smallest absolute Gasteiger partial charge is 0.0716 e. The van der Waals surface area contributed by atoms with E-state index >= 15 is 0 Å². The fourth-order valence-corrected chi connectivity index (χ4v) is 2.32. The second-order valence-corrected chi connectivity index (χ2v) is 5.12. The quantitative estimate of drug-likeness (QED) is 0.814. The minimum atomic E-state index is 0.692. The van der Waals surface area contributed by atoms with Crippen molar-refractivity contribution in [3.8, 4) is 0 Å². The van der Waals surface area contributed by atoms with Crippen LogP contribution in [-0.4, -0.2) is 19.7 Å². The van der Waals surface area contributed by atoms with Crippen LogP contribution in [0.2, 0.25) is 5.02 Å². The zero-order chi connectivity index (χ0) is 11.9. The van der Waals surface area contributed by atoms with Gasteiger partial charge in [-0.15, -0.1) is 0 Å². The number of nitrogens with one attached hydrogen (secondary N) is 1. The summed E-state index contributed by atoms with van der Waals surface area (Å²) in [5, 5.41) is 4.21. The summed E-state index contributed by atoms with van der Waals surface area (Å²) in [4.78, 5) is 0. The molecule has 0 radical (unpaired) electrons. The molecule has 94 valence electrons. The van der Waals surface area contributed by atoms with E-state index in [9.17, 15) is 0 Å². The molecule has 1 aliphatic heterocycles. The summed E-state index contributed by atoms with van der Waals surface area (Å²) in [6, 6.07) is 7.85. The van der Waals surface area contributed by atoms with Gasteiger partial charge >= 0.3 is 0 Å². The predicted molar refractivity (Wildman–Crippen MR) is 71.3 cm³/mol. The van der Waals surface area contributed by atoms with Crippen molar-refractivity contribution in [2.45, 2.75) is 25.9 Å². The maximum absolute atomic E-state index is 5.83. The van der Waals surface area contributed by atoms with Crippen molar-refractivity contribution in [3.05, 3.63) is 34.9 Å². The SMILES string of the molecule is Clc1ccc(COCC[C@@H]2CCCNC2)cc1. The molecule has 0 unspecified atom stereocenters. The molecular weight excluding hydrogens is 234 g/mol. The maximum atomic E-state index is 5.83. The molecule has 1 heterocycles. The Hall–Kier alpha value is -0.570. The van der Waals surface area contributed by atoms with Gasteiger partial charge in [0.2, 0.25) is 0 Å². The average Bonchev–Trinajstić information content (AvgIpc) is 2.38. The van der Waals surface area contributed by atoms with E-state index in [2.05, 4.69) is 5.32 Å². The second kappa shape index (κ2) is 7.00. The highest BCUT2D eigenvalue weighted by atomic mass is 35.5. The fourth-order valence-electron chi connectivity index (χ4n) is 2.19. The Morgan fingerprint density at radius 2 is 2.12 bits per heavy atom. The monoisotopic (exact) mass is 253 g/mol. The first kappa shape index (κ1) is 12.9. The van der Waals surface area contributed by atoms with Crippen molar-refractivity contribution in [3.63, 3.8) is 0 Å². The summed E-state index contributed by atoms with van der Waals surface area (Å²) < 4.78 is 5.69. The van der Waals surface area contributed by atoms with Gasteiger partial charge in [-0.05, 0) is 56.0 Å². The third-order valence-corrected chi connectivity index (χ3v) is 3.50. The predicted octanol–water partition coefficient (Wildman–Crippen LogP) is 3.25. The van der Waals surface area contributed by atoms with Crippen LogP contribution in [0.5, 0.6) is 0 Å². The lowest BCUT2D eigenvalue weighted by Gasteiger charge is -2.22. The average molecular weight is 254 g/mol. The number of benzene rings is 1. The Morgan fingerprint density at radius 3 is 2.82 bits per heavy atom. The Bertz CT molecular complexity index is 319. The fraction of sp³-hybridized carbons (Fsp3) is 0.571. The molecule has 17 heavy (non-hydrogen) atoms. The van der Waals surface area contributed by atoms with Gasteiger partial charge in [-0.3, -0.25) is 0 Å². The third kappa shape index (κ3) is 4.66. The molecule has 0 amide bonds. The standard InChI is InChI=1S/C14H20ClNO/c15-14-5-3-13(4-6-14)11-17-9-7-12-2-1-8-16-10-12/h3-6,12,16H,1-2,7-11H2/t12-/m0/s1. The minimum absolute atomic E-state index is 0.692. The summed E-state index contributed by atoms with van der Waals surface area (Å²) in [6.07, 6.45) is 3.82. The van der Waals surface area contributed by atoms with Crippen LogP contribution in [0, 0.1) is 5.92 Å². The molecular formula is C14H20ClNO. The normalized spacial score (nSPS) is 20.4. The zero-order valence-electron chi connectivity index (χ0n) is 10.1. The van der Waals surface area contributed by atoms with Crippen LogP contribution in [-0.2, 0) is 11.3 Å². The molecule has 0 aromatic heterocycles. The molecule has 0 aliphatic carbocycles. The van der Waals surface area contributed by atoms with E-state index in [4.69, 9.17) is 16.3 Å². The summed E-state index contributed by atoms with van der Waals surface area (Å²) >= 11 is 5.83. The van der Waals surface area contributed by atoms with Crippen molar-refractivity contribution < 1.29 is 4.74 Å². The summed E-state index contributed by atoms with van der Waals surface area (Å²) in [6.45, 7) is 3.89. The molecule has 0 saturated carbocycles. The van der Waals surface area contributed by atoms with Gasteiger partial charge in [0.25, 0.3) is 0 Å². The molecule has 2 nitrogen and oxygen atoms in total. The van der Waals surface area contributed by atoms with Gasteiger partial charge in [-0.1, -0.05) is 23.7 Å². The van der Waals surface area contributed by atoms with Crippen molar-refractivity contribution in [2.75, 3.05) is 19.7 Å². The van der Waals surface area contributed by atoms with Gasteiger partial charge in [-0.25, -0.2) is 0 Å². The molecule has 1 fully saturated rings. The molecule has 1 aromatic carbocycles. The highest BCUT2D eigenvalue weighted by molar-refractivity contribution is 6.30. The first-order chi connectivity index (χ1) is 8.34. The summed E-state index contributed by atoms with van der Waals surface area (Å²) in [7, 11) is 0. The van der Waals surface area contributed by atoms with Crippen LogP contribution in [0.1, 0.15) is 24.8 Å². The van der Waals surface area contributed by atoms with Gasteiger partial charge in [-0.2, -0.15) is 0 Å². The zero-order valence-corrected chi connectivity index (χ0v) is 10.9. The topological polar surface area (TPSA) is 21.3 Å². The number of piperidine rings is 1. The number of hydrogen-bond donors (Lipinski definition) is 1. The highest BCUT2D eigenvalue weighted by Crippen LogP contribution is 2.15. The lowest BCUT2D eigenvalue weighted by molar-refractivity contribution is 0.103. The Morgan fingerprint density at radius 1 is 1.29 bits per heavy atom. The number of ether oxygens (including phenoxy) is 1. The van der Waals surface area contributed by atoms with Gasteiger partial charge in [0.15, 0.2) is 0 Å². The summed E-state index contributed by atoms with van der Waals surface area (Å²) in [5.41, 5.74) is 1.19. The molecule has 1 saturated heterocycles. The van der Waals surface area contributed by atoms with Gasteiger partial charge in [0, 0.05) is 11.6 Å². The molecule has 1 N–H and O–H groups in total. The van der Waals surface area contributed by atoms with Crippen LogP contribution >= 0.6 is 11.6 Å². The van der Waals surface area contributed by atoms with E-state index in [0.29, 0.717) is 6.61 Å². The van der Waals surface area contributed by atoms with Crippen LogP contribution in [0.15, 0.2) is 24.3 Å². The first-order valence-corrected chi connectivity index (χ1v) is 6.75. The van der Waals surface area contributed by atoms with Crippen molar-refractivity contribution in [1.82, 2.24) is 5.32 Å². The molecule has 2 rings (SSSR count). The van der Waals surface area contributed by atoms with Crippen LogP contribution in [0.3, 0.4) is 0 Å². The Kier molecular flexibility index (Phi) is 5.30. The molecule has 0 spiro atoms. The number of halogens is 1. The van der Waals surface area contributed by atoms with Crippen molar-refractivity contribution >= 4 is 11.6 Å². The van der Waals surface area contributed by atoms with Crippen LogP contribution < -0.4 is 5.32 Å². The van der Waals surface area contributed by atoms with Gasteiger partial charge in [0.05, 0.1) is 6.61 Å². The Labute approximate surface area is 108 Å². The van der Waals surface area contributed by atoms with Crippen molar-refractivity contribution in [2.24, 2.45) is 5.92 Å². The van der Waals surface area contributed by atoms with E-state index in [-0.39, 0.29) is 0 Å². The van der Waals surface area contributed by atoms with E-state index in [1.165, 1.54) is 31.4 Å². The second-order valence-electron chi connectivity index (χ2n) is 4.68. The molecule has 1 atom stereocenters. The van der Waals surface area contributed by atoms with Crippen molar-refractivity contribution in [1.29, 1.82) is 0 Å². The van der Waals surface area contributed by atoms with Crippen LogP contribution in [0.4, 0.5) is 0 Å². The first-order valence-electron chi connectivity index (χ1n) is 6.37. The molecule has 1 aromatic rings. The number of hydrogen-bond acceptors (Lipinski definition) is 2. The molecule has 3 heteroatoms. The van der Waals surface area contributed by atoms with Crippen LogP contribution in [0.25, 0.3) is 0 Å². The molecule has 0 bridgehead atoms. The van der Waals surface area contributed by atoms with Gasteiger partial charge in [0.1, 0.15) is 0 Å². The largest absolute Gasteiger partial charge is 0.377 e. The van der Waals surface area contributed by atoms with E-state index < -0.39 is 0 Å². The van der Waals surface area contributed by atoms with Gasteiger partial charge < -0.3 is 10.1 Å². The van der Waals surface area contributed by atoms with E-state index in [0.717, 1.165) is 24.1 Å². The highest BCUT2D eigenvalue weighted by Gasteiger charge is 2.12. The maximum Gasteiger partial charge on any atom is 0.0716 e. The van der Waals surface area contributed by atoms with E-state index in [1.54, 1.807) is 0 Å².